The number of carbonyl (C=O) groups is 1. The van der Waals surface area contributed by atoms with E-state index >= 15 is 0 Å². The number of nitrogens with zero attached hydrogens (tertiary/aromatic N) is 3. The van der Waals surface area contributed by atoms with E-state index in [0.717, 1.165) is 4.47 Å². The molecule has 4 rings (SSSR count). The highest BCUT2D eigenvalue weighted by Crippen LogP contribution is 2.35. The molecule has 1 aromatic heterocycles. The normalized spacial score (nSPS) is 12.2. The highest BCUT2D eigenvalue weighted by Gasteiger charge is 2.22. The maximum absolute atomic E-state index is 12.9. The van der Waals surface area contributed by atoms with Gasteiger partial charge in [-0.3, -0.25) is 4.79 Å². The lowest BCUT2D eigenvalue weighted by molar-refractivity contribution is 0.0945. The predicted octanol–water partition coefficient (Wildman–Crippen LogP) is 3.52. The van der Waals surface area contributed by atoms with Gasteiger partial charge in [0.2, 0.25) is 6.79 Å². The van der Waals surface area contributed by atoms with Crippen molar-refractivity contribution >= 4 is 21.8 Å². The molecule has 1 aliphatic rings. The van der Waals surface area contributed by atoms with Gasteiger partial charge in [-0.2, -0.15) is 9.67 Å². The van der Waals surface area contributed by atoms with Crippen LogP contribution in [0.2, 0.25) is 0 Å². The van der Waals surface area contributed by atoms with Crippen LogP contribution in [0.1, 0.15) is 17.3 Å². The first kappa shape index (κ1) is 16.6. The molecule has 0 saturated heterocycles. The second-order valence-corrected chi connectivity index (χ2v) is 6.36. The number of rotatable bonds is 4. The summed E-state index contributed by atoms with van der Waals surface area (Å²) in [4.78, 5) is 17.3. The second-order valence-electron chi connectivity index (χ2n) is 5.44. The van der Waals surface area contributed by atoms with Crippen molar-refractivity contribution in [1.29, 1.82) is 0 Å². The summed E-state index contributed by atoms with van der Waals surface area (Å²) in [6, 6.07) is 12.5. The molecule has 0 N–H and O–H groups in total. The van der Waals surface area contributed by atoms with Crippen molar-refractivity contribution in [2.24, 2.45) is 0 Å². The molecule has 0 spiro atoms. The Bertz CT molecular complexity index is 969. The van der Waals surface area contributed by atoms with Crippen LogP contribution < -0.4 is 14.2 Å². The molecule has 2 aromatic carbocycles. The van der Waals surface area contributed by atoms with Gasteiger partial charge in [0, 0.05) is 15.6 Å². The molecule has 0 fully saturated rings. The fraction of sp³-hybridized carbons (Fsp3) is 0.167. The summed E-state index contributed by atoms with van der Waals surface area (Å²) in [6.07, 6.45) is 0. The molecular formula is C18H14BrN3O4. The Morgan fingerprint density at radius 2 is 1.96 bits per heavy atom. The number of hydrogen-bond donors (Lipinski definition) is 0. The third-order valence-corrected chi connectivity index (χ3v) is 4.30. The number of aromatic nitrogens is 3. The Balaban J connectivity index is 1.78. The molecule has 0 bridgehead atoms. The van der Waals surface area contributed by atoms with Crippen molar-refractivity contribution in [2.45, 2.75) is 6.92 Å². The molecule has 0 amide bonds. The Morgan fingerprint density at radius 3 is 2.73 bits per heavy atom. The number of fused-ring (bicyclic) bond motifs is 1. The van der Waals surface area contributed by atoms with Crippen molar-refractivity contribution in [1.82, 2.24) is 14.8 Å². The largest absolute Gasteiger partial charge is 0.463 e. The molecule has 132 valence electrons. The van der Waals surface area contributed by atoms with Crippen LogP contribution in [0, 0.1) is 0 Å². The lowest BCUT2D eigenvalue weighted by atomic mass is 10.1. The van der Waals surface area contributed by atoms with E-state index in [1.54, 1.807) is 42.5 Å². The highest BCUT2D eigenvalue weighted by atomic mass is 79.9. The SMILES string of the molecule is CCOc1nc(-c2ccc3c(c2)OCO3)n(C(=O)c2ccc(Br)cc2)n1. The Morgan fingerprint density at radius 1 is 1.19 bits per heavy atom. The Hall–Kier alpha value is -2.87. The molecule has 0 radical (unpaired) electrons. The van der Waals surface area contributed by atoms with Crippen molar-refractivity contribution in [3.05, 3.63) is 52.5 Å². The Kier molecular flexibility index (Phi) is 4.34. The summed E-state index contributed by atoms with van der Waals surface area (Å²) in [7, 11) is 0. The van der Waals surface area contributed by atoms with Gasteiger partial charge >= 0.3 is 6.01 Å². The minimum Gasteiger partial charge on any atom is -0.463 e. The minimum absolute atomic E-state index is 0.144. The fourth-order valence-corrected chi connectivity index (χ4v) is 2.83. The van der Waals surface area contributed by atoms with Crippen molar-refractivity contribution in [3.8, 4) is 28.9 Å². The van der Waals surface area contributed by atoms with Crippen LogP contribution in [0.15, 0.2) is 46.9 Å². The molecule has 26 heavy (non-hydrogen) atoms. The maximum atomic E-state index is 12.9. The molecular weight excluding hydrogens is 402 g/mol. The first-order valence-electron chi connectivity index (χ1n) is 7.96. The van der Waals surface area contributed by atoms with Crippen molar-refractivity contribution < 1.29 is 19.0 Å². The summed E-state index contributed by atoms with van der Waals surface area (Å²) in [5.74, 6) is 1.33. The average molecular weight is 416 g/mol. The summed E-state index contributed by atoms with van der Waals surface area (Å²) in [5, 5.41) is 4.22. The van der Waals surface area contributed by atoms with Crippen LogP contribution in [0.25, 0.3) is 11.4 Å². The number of ether oxygens (including phenoxy) is 3. The molecule has 0 unspecified atom stereocenters. The molecule has 0 saturated carbocycles. The van der Waals surface area contributed by atoms with E-state index in [2.05, 4.69) is 26.0 Å². The predicted molar refractivity (Wildman–Crippen MR) is 96.6 cm³/mol. The number of carbonyl (C=O) groups excluding carboxylic acids is 1. The zero-order valence-electron chi connectivity index (χ0n) is 13.8. The lowest BCUT2D eigenvalue weighted by Gasteiger charge is -2.05. The topological polar surface area (TPSA) is 75.5 Å². The number of halogens is 1. The zero-order valence-corrected chi connectivity index (χ0v) is 15.4. The van der Waals surface area contributed by atoms with Crippen LogP contribution in [-0.4, -0.2) is 34.1 Å². The highest BCUT2D eigenvalue weighted by molar-refractivity contribution is 9.10. The summed E-state index contributed by atoms with van der Waals surface area (Å²) in [5.41, 5.74) is 1.17. The van der Waals surface area contributed by atoms with Gasteiger partial charge in [-0.1, -0.05) is 15.9 Å². The van der Waals surface area contributed by atoms with Crippen molar-refractivity contribution in [3.63, 3.8) is 0 Å². The van der Waals surface area contributed by atoms with Crippen LogP contribution in [-0.2, 0) is 0 Å². The van der Waals surface area contributed by atoms with E-state index in [0.29, 0.717) is 35.1 Å². The minimum atomic E-state index is -0.302. The van der Waals surface area contributed by atoms with Gasteiger partial charge in [0.05, 0.1) is 6.61 Å². The van der Waals surface area contributed by atoms with Crippen LogP contribution >= 0.6 is 15.9 Å². The van der Waals surface area contributed by atoms with Crippen molar-refractivity contribution in [2.75, 3.05) is 13.4 Å². The molecule has 8 heteroatoms. The summed E-state index contributed by atoms with van der Waals surface area (Å²) >= 11 is 3.36. The second kappa shape index (κ2) is 6.80. The monoisotopic (exact) mass is 415 g/mol. The Labute approximate surface area is 157 Å². The third kappa shape index (κ3) is 3.03. The number of benzene rings is 2. The van der Waals surface area contributed by atoms with Crippen LogP contribution in [0.4, 0.5) is 0 Å². The van der Waals surface area contributed by atoms with Gasteiger partial charge in [0.15, 0.2) is 17.3 Å². The first-order valence-corrected chi connectivity index (χ1v) is 8.75. The molecule has 7 nitrogen and oxygen atoms in total. The third-order valence-electron chi connectivity index (χ3n) is 3.78. The molecule has 0 aliphatic carbocycles. The molecule has 3 aromatic rings. The zero-order chi connectivity index (χ0) is 18.1. The van der Waals surface area contributed by atoms with Gasteiger partial charge in [0.25, 0.3) is 5.91 Å². The van der Waals surface area contributed by atoms with E-state index in [1.165, 1.54) is 4.68 Å². The fourth-order valence-electron chi connectivity index (χ4n) is 2.56. The van der Waals surface area contributed by atoms with E-state index in [-0.39, 0.29) is 18.7 Å². The average Bonchev–Trinajstić information content (AvgIpc) is 3.28. The van der Waals surface area contributed by atoms with E-state index in [4.69, 9.17) is 14.2 Å². The maximum Gasteiger partial charge on any atom is 0.336 e. The van der Waals surface area contributed by atoms with Crippen LogP contribution in [0.5, 0.6) is 17.5 Å². The quantitative estimate of drug-likeness (QED) is 0.648. The number of hydrogen-bond acceptors (Lipinski definition) is 6. The van der Waals surface area contributed by atoms with Gasteiger partial charge in [0.1, 0.15) is 0 Å². The van der Waals surface area contributed by atoms with Gasteiger partial charge in [-0.15, -0.1) is 5.10 Å². The van der Waals surface area contributed by atoms with Gasteiger partial charge < -0.3 is 14.2 Å². The molecule has 1 aliphatic heterocycles. The smallest absolute Gasteiger partial charge is 0.336 e. The summed E-state index contributed by atoms with van der Waals surface area (Å²) in [6.45, 7) is 2.40. The summed E-state index contributed by atoms with van der Waals surface area (Å²) < 4.78 is 18.3. The van der Waals surface area contributed by atoms with E-state index in [9.17, 15) is 4.79 Å². The van der Waals surface area contributed by atoms with Crippen LogP contribution in [0.3, 0.4) is 0 Å². The van der Waals surface area contributed by atoms with Gasteiger partial charge in [-0.05, 0) is 49.4 Å². The lowest BCUT2D eigenvalue weighted by Crippen LogP contribution is -2.15. The van der Waals surface area contributed by atoms with E-state index in [1.807, 2.05) is 6.92 Å². The van der Waals surface area contributed by atoms with Gasteiger partial charge in [-0.25, -0.2) is 0 Å². The van der Waals surface area contributed by atoms with E-state index < -0.39 is 0 Å². The molecule has 0 atom stereocenters. The molecule has 2 heterocycles. The standard InChI is InChI=1S/C18H14BrN3O4/c1-2-24-18-20-16(12-5-8-14-15(9-12)26-10-25-14)22(21-18)17(23)11-3-6-13(19)7-4-11/h3-9H,2,10H2,1H3. The first-order chi connectivity index (χ1) is 12.7.